The second-order valence-corrected chi connectivity index (χ2v) is 6.21. The lowest BCUT2D eigenvalue weighted by atomic mass is 9.75. The summed E-state index contributed by atoms with van der Waals surface area (Å²) in [7, 11) is 0. The van der Waals surface area contributed by atoms with Crippen LogP contribution in [-0.2, 0) is 4.74 Å². The van der Waals surface area contributed by atoms with Crippen molar-refractivity contribution in [2.45, 2.75) is 64.1 Å². The predicted molar refractivity (Wildman–Crippen MR) is 64.7 cm³/mol. The fraction of sp³-hybridized carbons (Fsp3) is 0.923. The minimum absolute atomic E-state index is 0.0302. The van der Waals surface area contributed by atoms with E-state index in [1.807, 2.05) is 20.8 Å². The molecule has 0 aromatic carbocycles. The molecule has 1 aliphatic carbocycles. The summed E-state index contributed by atoms with van der Waals surface area (Å²) in [5, 5.41) is 9.48. The van der Waals surface area contributed by atoms with E-state index in [0.717, 1.165) is 25.7 Å². The molecule has 2 saturated heterocycles. The molecule has 1 atom stereocenters. The molecule has 1 saturated carbocycles. The van der Waals surface area contributed by atoms with Crippen LogP contribution >= 0.6 is 0 Å². The molecule has 4 nitrogen and oxygen atoms in total. The Morgan fingerprint density at radius 1 is 1.29 bits per heavy atom. The Labute approximate surface area is 103 Å². The van der Waals surface area contributed by atoms with Crippen molar-refractivity contribution in [1.82, 2.24) is 4.90 Å². The maximum atomic E-state index is 12.2. The first-order valence-corrected chi connectivity index (χ1v) is 6.54. The Hall–Kier alpha value is -0.770. The van der Waals surface area contributed by atoms with Crippen molar-refractivity contribution in [2.24, 2.45) is 5.92 Å². The first-order valence-electron chi connectivity index (χ1n) is 6.54. The Morgan fingerprint density at radius 2 is 1.88 bits per heavy atom. The smallest absolute Gasteiger partial charge is 0.410 e. The van der Waals surface area contributed by atoms with Crippen LogP contribution in [0.3, 0.4) is 0 Å². The number of fused-ring (bicyclic) bond motifs is 3. The summed E-state index contributed by atoms with van der Waals surface area (Å²) in [5.41, 5.74) is -0.465. The third kappa shape index (κ3) is 2.57. The third-order valence-electron chi connectivity index (χ3n) is 3.83. The molecule has 0 radical (unpaired) electrons. The highest BCUT2D eigenvalue weighted by molar-refractivity contribution is 5.69. The Balaban J connectivity index is 2.10. The molecule has 2 aliphatic heterocycles. The molecule has 0 aromatic heterocycles. The SMILES string of the molecule is CC(C)(C)OC(=O)N1C2CCC(CC2)C1CO. The number of hydrogen-bond acceptors (Lipinski definition) is 3. The van der Waals surface area contributed by atoms with Crippen molar-refractivity contribution >= 4 is 6.09 Å². The van der Waals surface area contributed by atoms with Crippen LogP contribution in [0.1, 0.15) is 46.5 Å². The zero-order chi connectivity index (χ0) is 12.6. The van der Waals surface area contributed by atoms with E-state index in [-0.39, 0.29) is 24.8 Å². The van der Waals surface area contributed by atoms with Gasteiger partial charge in [0, 0.05) is 6.04 Å². The lowest BCUT2D eigenvalue weighted by molar-refractivity contribution is -0.0543. The van der Waals surface area contributed by atoms with Gasteiger partial charge in [0.15, 0.2) is 0 Å². The van der Waals surface area contributed by atoms with Gasteiger partial charge in [-0.2, -0.15) is 0 Å². The van der Waals surface area contributed by atoms with Crippen molar-refractivity contribution < 1.29 is 14.6 Å². The number of rotatable bonds is 1. The normalized spacial score (nSPS) is 32.7. The van der Waals surface area contributed by atoms with Gasteiger partial charge in [0.05, 0.1) is 12.6 Å². The average Bonchev–Trinajstić information content (AvgIpc) is 2.26. The minimum atomic E-state index is -0.465. The van der Waals surface area contributed by atoms with Crippen molar-refractivity contribution in [3.05, 3.63) is 0 Å². The number of amides is 1. The standard InChI is InChI=1S/C13H23NO3/c1-13(2,3)17-12(16)14-10-6-4-9(5-7-10)11(14)8-15/h9-11,15H,4-8H2,1-3H3. The number of carbonyl (C=O) groups is 1. The minimum Gasteiger partial charge on any atom is -0.444 e. The fourth-order valence-electron chi connectivity index (χ4n) is 3.10. The second-order valence-electron chi connectivity index (χ2n) is 6.21. The van der Waals surface area contributed by atoms with Gasteiger partial charge in [-0.3, -0.25) is 4.90 Å². The molecule has 98 valence electrons. The molecule has 17 heavy (non-hydrogen) atoms. The molecule has 3 fully saturated rings. The molecule has 0 spiro atoms. The zero-order valence-electron chi connectivity index (χ0n) is 11.0. The molecular weight excluding hydrogens is 218 g/mol. The maximum absolute atomic E-state index is 12.2. The first-order chi connectivity index (χ1) is 7.92. The van der Waals surface area contributed by atoms with E-state index in [4.69, 9.17) is 4.74 Å². The van der Waals surface area contributed by atoms with Gasteiger partial charge in [-0.05, 0) is 52.4 Å². The summed E-state index contributed by atoms with van der Waals surface area (Å²) in [6.45, 7) is 5.68. The van der Waals surface area contributed by atoms with E-state index in [1.54, 1.807) is 4.90 Å². The Morgan fingerprint density at radius 3 is 2.35 bits per heavy atom. The maximum Gasteiger partial charge on any atom is 0.410 e. The highest BCUT2D eigenvalue weighted by Gasteiger charge is 2.45. The summed E-state index contributed by atoms with van der Waals surface area (Å²) < 4.78 is 5.44. The Bertz CT molecular complexity index is 290. The van der Waals surface area contributed by atoms with Crippen molar-refractivity contribution in [2.75, 3.05) is 6.61 Å². The van der Waals surface area contributed by atoms with Crippen molar-refractivity contribution in [1.29, 1.82) is 0 Å². The molecule has 1 amide bonds. The molecule has 1 N–H and O–H groups in total. The number of aliphatic hydroxyl groups is 1. The van der Waals surface area contributed by atoms with Crippen molar-refractivity contribution in [3.63, 3.8) is 0 Å². The first kappa shape index (κ1) is 12.7. The lowest BCUT2D eigenvalue weighted by Crippen LogP contribution is -2.59. The van der Waals surface area contributed by atoms with Gasteiger partial charge < -0.3 is 9.84 Å². The molecule has 2 bridgehead atoms. The summed E-state index contributed by atoms with van der Waals surface area (Å²) in [6.07, 6.45) is 4.12. The molecule has 4 heteroatoms. The third-order valence-corrected chi connectivity index (χ3v) is 3.83. The molecule has 0 aromatic rings. The highest BCUT2D eigenvalue weighted by Crippen LogP contribution is 2.40. The van der Waals surface area contributed by atoms with Crippen LogP contribution in [0, 0.1) is 5.92 Å². The number of piperidine rings is 2. The zero-order valence-corrected chi connectivity index (χ0v) is 11.0. The monoisotopic (exact) mass is 241 g/mol. The van der Waals surface area contributed by atoms with E-state index < -0.39 is 5.60 Å². The van der Waals surface area contributed by atoms with E-state index in [0.29, 0.717) is 5.92 Å². The van der Waals surface area contributed by atoms with Crippen LogP contribution in [0.25, 0.3) is 0 Å². The number of nitrogens with zero attached hydrogens (tertiary/aromatic N) is 1. The van der Waals surface area contributed by atoms with Gasteiger partial charge in [-0.1, -0.05) is 0 Å². The van der Waals surface area contributed by atoms with Crippen LogP contribution in [0.2, 0.25) is 0 Å². The average molecular weight is 241 g/mol. The molecular formula is C13H23NO3. The van der Waals surface area contributed by atoms with Crippen LogP contribution in [0.4, 0.5) is 4.79 Å². The number of hydrogen-bond donors (Lipinski definition) is 1. The van der Waals surface area contributed by atoms with Gasteiger partial charge in [0.2, 0.25) is 0 Å². The van der Waals surface area contributed by atoms with Gasteiger partial charge in [-0.25, -0.2) is 4.79 Å². The van der Waals surface area contributed by atoms with E-state index in [2.05, 4.69) is 0 Å². The second kappa shape index (κ2) is 4.48. The van der Waals surface area contributed by atoms with E-state index in [1.165, 1.54) is 0 Å². The van der Waals surface area contributed by atoms with Gasteiger partial charge in [-0.15, -0.1) is 0 Å². The fourth-order valence-corrected chi connectivity index (χ4v) is 3.10. The van der Waals surface area contributed by atoms with E-state index >= 15 is 0 Å². The number of carbonyl (C=O) groups excluding carboxylic acids is 1. The molecule has 3 rings (SSSR count). The summed E-state index contributed by atoms with van der Waals surface area (Å²) >= 11 is 0. The molecule has 3 aliphatic rings. The van der Waals surface area contributed by atoms with Gasteiger partial charge in [0.1, 0.15) is 5.60 Å². The predicted octanol–water partition coefficient (Wildman–Crippen LogP) is 2.16. The van der Waals surface area contributed by atoms with E-state index in [9.17, 15) is 9.90 Å². The van der Waals surface area contributed by atoms with Crippen LogP contribution < -0.4 is 0 Å². The van der Waals surface area contributed by atoms with Crippen LogP contribution in [-0.4, -0.2) is 40.4 Å². The highest BCUT2D eigenvalue weighted by atomic mass is 16.6. The van der Waals surface area contributed by atoms with Crippen LogP contribution in [0.15, 0.2) is 0 Å². The quantitative estimate of drug-likeness (QED) is 0.765. The molecule has 1 unspecified atom stereocenters. The largest absolute Gasteiger partial charge is 0.444 e. The topological polar surface area (TPSA) is 49.8 Å². The lowest BCUT2D eigenvalue weighted by Gasteiger charge is -2.50. The Kier molecular flexibility index (Phi) is 3.34. The summed E-state index contributed by atoms with van der Waals surface area (Å²) in [5.74, 6) is 0.456. The van der Waals surface area contributed by atoms with Crippen LogP contribution in [0.5, 0.6) is 0 Å². The van der Waals surface area contributed by atoms with Gasteiger partial charge >= 0.3 is 6.09 Å². The number of ether oxygens (including phenoxy) is 1. The number of aliphatic hydroxyl groups excluding tert-OH is 1. The molecule has 2 heterocycles. The van der Waals surface area contributed by atoms with Gasteiger partial charge in [0.25, 0.3) is 0 Å². The summed E-state index contributed by atoms with van der Waals surface area (Å²) in [4.78, 5) is 14.0. The van der Waals surface area contributed by atoms with Crippen molar-refractivity contribution in [3.8, 4) is 0 Å². The summed E-state index contributed by atoms with van der Waals surface area (Å²) in [6, 6.07) is 0.240.